The Morgan fingerprint density at radius 3 is 2.64 bits per heavy atom. The maximum atomic E-state index is 10.4. The number of aliphatic hydroxyl groups is 2. The average Bonchev–Trinajstić information content (AvgIpc) is 3.20. The van der Waals surface area contributed by atoms with Gasteiger partial charge in [0.05, 0.1) is 12.4 Å². The quantitative estimate of drug-likeness (QED) is 0.861. The number of hydrogen-bond donors (Lipinski definition) is 2. The number of rotatable bonds is 6. The molecule has 1 fully saturated rings. The molecule has 3 atom stereocenters. The minimum atomic E-state index is -0.575. The fourth-order valence-corrected chi connectivity index (χ4v) is 3.26. The van der Waals surface area contributed by atoms with E-state index in [4.69, 9.17) is 4.42 Å². The van der Waals surface area contributed by atoms with Gasteiger partial charge in [-0.3, -0.25) is 4.90 Å². The summed E-state index contributed by atoms with van der Waals surface area (Å²) in [6, 6.07) is 13.6. The van der Waals surface area contributed by atoms with Crippen molar-refractivity contribution in [2.45, 2.75) is 37.5 Å². The molecule has 1 aliphatic rings. The van der Waals surface area contributed by atoms with E-state index in [1.54, 1.807) is 12.3 Å². The Bertz CT molecular complexity index is 555. The first-order valence-electron chi connectivity index (χ1n) is 7.92. The van der Waals surface area contributed by atoms with Crippen molar-refractivity contribution < 1.29 is 14.6 Å². The van der Waals surface area contributed by atoms with Gasteiger partial charge in [0, 0.05) is 12.6 Å². The van der Waals surface area contributed by atoms with E-state index in [0.717, 1.165) is 24.9 Å². The molecule has 1 aliphatic heterocycles. The number of hydrogen-bond acceptors (Lipinski definition) is 4. The Morgan fingerprint density at radius 2 is 1.91 bits per heavy atom. The van der Waals surface area contributed by atoms with Crippen LogP contribution >= 0.6 is 0 Å². The van der Waals surface area contributed by atoms with Gasteiger partial charge < -0.3 is 14.6 Å². The summed E-state index contributed by atoms with van der Waals surface area (Å²) in [6.45, 7) is 1.58. The van der Waals surface area contributed by atoms with Crippen LogP contribution in [0.25, 0.3) is 0 Å². The average molecular weight is 301 g/mol. The summed E-state index contributed by atoms with van der Waals surface area (Å²) in [5, 5.41) is 20.6. The molecule has 2 N–H and O–H groups in total. The van der Waals surface area contributed by atoms with Crippen molar-refractivity contribution in [3.8, 4) is 0 Å². The zero-order valence-corrected chi connectivity index (χ0v) is 12.6. The smallest absolute Gasteiger partial charge is 0.132 e. The SMILES string of the molecule is O[C@H](CN1CCC[C@H]1C[C@@H](O)c1ccco1)c1ccccc1. The fourth-order valence-electron chi connectivity index (χ4n) is 3.26. The first kappa shape index (κ1) is 15.3. The summed E-state index contributed by atoms with van der Waals surface area (Å²) in [7, 11) is 0. The van der Waals surface area contributed by atoms with Crippen LogP contribution in [0.3, 0.4) is 0 Å². The molecule has 22 heavy (non-hydrogen) atoms. The van der Waals surface area contributed by atoms with Gasteiger partial charge in [0.25, 0.3) is 0 Å². The highest BCUT2D eigenvalue weighted by Crippen LogP contribution is 2.29. The number of benzene rings is 1. The number of aliphatic hydroxyl groups excluding tert-OH is 2. The molecule has 118 valence electrons. The van der Waals surface area contributed by atoms with E-state index in [-0.39, 0.29) is 0 Å². The van der Waals surface area contributed by atoms with E-state index in [2.05, 4.69) is 4.90 Å². The molecule has 0 aliphatic carbocycles. The Balaban J connectivity index is 1.59. The Morgan fingerprint density at radius 1 is 1.09 bits per heavy atom. The van der Waals surface area contributed by atoms with E-state index in [0.29, 0.717) is 24.8 Å². The third-order valence-corrected chi connectivity index (χ3v) is 4.46. The maximum absolute atomic E-state index is 10.4. The predicted molar refractivity (Wildman–Crippen MR) is 84.3 cm³/mol. The highest BCUT2D eigenvalue weighted by molar-refractivity contribution is 5.17. The van der Waals surface area contributed by atoms with Crippen LogP contribution in [0.15, 0.2) is 53.1 Å². The summed E-state index contributed by atoms with van der Waals surface area (Å²) in [5.41, 5.74) is 0.944. The topological polar surface area (TPSA) is 56.8 Å². The van der Waals surface area contributed by atoms with E-state index in [9.17, 15) is 10.2 Å². The molecule has 0 spiro atoms. The van der Waals surface area contributed by atoms with Gasteiger partial charge in [0.2, 0.25) is 0 Å². The van der Waals surface area contributed by atoms with E-state index in [1.807, 2.05) is 36.4 Å². The van der Waals surface area contributed by atoms with Gasteiger partial charge in [-0.25, -0.2) is 0 Å². The number of nitrogens with zero attached hydrogens (tertiary/aromatic N) is 1. The van der Waals surface area contributed by atoms with Crippen molar-refractivity contribution in [2.75, 3.05) is 13.1 Å². The van der Waals surface area contributed by atoms with Gasteiger partial charge in [-0.15, -0.1) is 0 Å². The molecule has 3 rings (SSSR count). The summed E-state index contributed by atoms with van der Waals surface area (Å²) >= 11 is 0. The normalized spacial score (nSPS) is 21.8. The van der Waals surface area contributed by atoms with Crippen molar-refractivity contribution in [3.05, 3.63) is 60.1 Å². The lowest BCUT2D eigenvalue weighted by atomic mass is 10.0. The molecule has 1 aromatic heterocycles. The molecule has 1 aromatic carbocycles. The number of likely N-dealkylation sites (tertiary alicyclic amines) is 1. The summed E-state index contributed by atoms with van der Waals surface area (Å²) < 4.78 is 5.27. The molecular weight excluding hydrogens is 278 g/mol. The molecule has 1 saturated heterocycles. The first-order chi connectivity index (χ1) is 10.7. The second kappa shape index (κ2) is 7.09. The first-order valence-corrected chi connectivity index (χ1v) is 7.92. The Labute approximate surface area is 131 Å². The third-order valence-electron chi connectivity index (χ3n) is 4.46. The van der Waals surface area contributed by atoms with Gasteiger partial charge in [0.1, 0.15) is 11.9 Å². The lowest BCUT2D eigenvalue weighted by Crippen LogP contribution is -2.34. The molecular formula is C18H23NO3. The second-order valence-corrected chi connectivity index (χ2v) is 5.98. The summed E-state index contributed by atoms with van der Waals surface area (Å²) in [6.07, 6.45) is 3.34. The predicted octanol–water partition coefficient (Wildman–Crippen LogP) is 2.90. The largest absolute Gasteiger partial charge is 0.467 e. The summed E-state index contributed by atoms with van der Waals surface area (Å²) in [5.74, 6) is 0.621. The zero-order valence-electron chi connectivity index (χ0n) is 12.6. The van der Waals surface area contributed by atoms with Crippen molar-refractivity contribution in [1.29, 1.82) is 0 Å². The zero-order chi connectivity index (χ0) is 15.4. The van der Waals surface area contributed by atoms with Crippen LogP contribution < -0.4 is 0 Å². The minimum Gasteiger partial charge on any atom is -0.467 e. The van der Waals surface area contributed by atoms with Crippen LogP contribution in [0.4, 0.5) is 0 Å². The highest BCUT2D eigenvalue weighted by Gasteiger charge is 2.29. The van der Waals surface area contributed by atoms with Gasteiger partial charge >= 0.3 is 0 Å². The lowest BCUT2D eigenvalue weighted by Gasteiger charge is -2.28. The van der Waals surface area contributed by atoms with Crippen LogP contribution in [-0.2, 0) is 0 Å². The van der Waals surface area contributed by atoms with Crippen molar-refractivity contribution in [2.24, 2.45) is 0 Å². The van der Waals surface area contributed by atoms with Crippen LogP contribution in [0.5, 0.6) is 0 Å². The van der Waals surface area contributed by atoms with Gasteiger partial charge in [0.15, 0.2) is 0 Å². The van der Waals surface area contributed by atoms with Gasteiger partial charge in [-0.1, -0.05) is 30.3 Å². The molecule has 4 nitrogen and oxygen atoms in total. The van der Waals surface area contributed by atoms with E-state index in [1.165, 1.54) is 0 Å². The second-order valence-electron chi connectivity index (χ2n) is 5.98. The fraction of sp³-hybridized carbons (Fsp3) is 0.444. The Hall–Kier alpha value is -1.62. The third kappa shape index (κ3) is 3.58. The molecule has 0 bridgehead atoms. The molecule has 0 unspecified atom stereocenters. The molecule has 2 heterocycles. The van der Waals surface area contributed by atoms with E-state index >= 15 is 0 Å². The molecule has 0 saturated carbocycles. The summed E-state index contributed by atoms with van der Waals surface area (Å²) in [4.78, 5) is 2.28. The minimum absolute atomic E-state index is 0.290. The van der Waals surface area contributed by atoms with Crippen LogP contribution in [0.1, 0.15) is 42.8 Å². The number of β-amino-alcohol motifs (C(OH)–C–C–N with tert-alkyl or cyclic N) is 1. The molecule has 2 aromatic rings. The maximum Gasteiger partial charge on any atom is 0.132 e. The Kier molecular flexibility index (Phi) is 4.93. The van der Waals surface area contributed by atoms with Crippen LogP contribution in [0, 0.1) is 0 Å². The lowest BCUT2D eigenvalue weighted by molar-refractivity contribution is 0.0708. The monoisotopic (exact) mass is 301 g/mol. The standard InChI is InChI=1S/C18H23NO3/c20-16(18-9-5-11-22-18)12-15-8-4-10-19(15)13-17(21)14-6-2-1-3-7-14/h1-3,5-7,9,11,15-17,20-21H,4,8,10,12-13H2/t15-,16+,17+/m0/s1. The van der Waals surface area contributed by atoms with Crippen molar-refractivity contribution in [3.63, 3.8) is 0 Å². The molecule has 0 amide bonds. The van der Waals surface area contributed by atoms with Crippen LogP contribution in [0.2, 0.25) is 0 Å². The van der Waals surface area contributed by atoms with Crippen LogP contribution in [-0.4, -0.2) is 34.2 Å². The highest BCUT2D eigenvalue weighted by atomic mass is 16.4. The van der Waals surface area contributed by atoms with Crippen molar-refractivity contribution >= 4 is 0 Å². The van der Waals surface area contributed by atoms with Crippen molar-refractivity contribution in [1.82, 2.24) is 4.90 Å². The number of furan rings is 1. The molecule has 4 heteroatoms. The van der Waals surface area contributed by atoms with Gasteiger partial charge in [-0.2, -0.15) is 0 Å². The van der Waals surface area contributed by atoms with E-state index < -0.39 is 12.2 Å². The van der Waals surface area contributed by atoms with Gasteiger partial charge in [-0.05, 0) is 43.5 Å². The molecule has 0 radical (unpaired) electrons.